The highest BCUT2D eigenvalue weighted by Gasteiger charge is 2.35. The number of benzene rings is 1. The fourth-order valence-corrected chi connectivity index (χ4v) is 7.07. The highest BCUT2D eigenvalue weighted by molar-refractivity contribution is 7.23. The Morgan fingerprint density at radius 2 is 1.98 bits per heavy atom. The van der Waals surface area contributed by atoms with Crippen molar-refractivity contribution in [3.63, 3.8) is 0 Å². The summed E-state index contributed by atoms with van der Waals surface area (Å²) in [5.74, 6) is -0.937. The number of amides is 1. The second-order valence-corrected chi connectivity index (χ2v) is 13.0. The Bertz CT molecular complexity index is 1830. The van der Waals surface area contributed by atoms with Gasteiger partial charge < -0.3 is 19.3 Å². The summed E-state index contributed by atoms with van der Waals surface area (Å²) in [5.41, 5.74) is 0.702. The van der Waals surface area contributed by atoms with Gasteiger partial charge in [-0.05, 0) is 59.3 Å². The van der Waals surface area contributed by atoms with E-state index in [0.717, 1.165) is 36.1 Å². The molecule has 0 radical (unpaired) electrons. The van der Waals surface area contributed by atoms with E-state index in [1.165, 1.54) is 0 Å². The van der Waals surface area contributed by atoms with Gasteiger partial charge in [0.15, 0.2) is 11.6 Å². The molecule has 13 heteroatoms. The maximum absolute atomic E-state index is 16.8. The predicted octanol–water partition coefficient (Wildman–Crippen LogP) is 5.96. The van der Waals surface area contributed by atoms with Crippen LogP contribution in [0.1, 0.15) is 50.8 Å². The molecule has 0 spiro atoms. The molecule has 2 aliphatic rings. The van der Waals surface area contributed by atoms with Gasteiger partial charge >= 0.3 is 6.09 Å². The first-order valence-corrected chi connectivity index (χ1v) is 14.7. The van der Waals surface area contributed by atoms with Crippen LogP contribution in [-0.2, 0) is 22.7 Å². The number of thiophene rings is 1. The number of aromatic nitrogens is 3. The molecule has 1 fully saturated rings. The molecule has 1 N–H and O–H groups in total. The number of nitrogens with zero attached hydrogens (tertiary/aromatic N) is 6. The standard InChI is InChI=1S/C30H31F2N7O3S/c1-14-20(38(5)6)7-8-39(14)28-35-10-16-17-12-41-13-18(17)21(23(32)24(16)36-28)25-22-15(9-33)27(37-29(40)42-30(2,3)4)43-26(22)19(31)11-34-25/h10-11,14,20H,7-8,12-13H2,1-6H3,(H,37,40). The van der Waals surface area contributed by atoms with Crippen molar-refractivity contribution in [1.29, 1.82) is 5.26 Å². The number of carbonyl (C=O) groups is 1. The Morgan fingerprint density at radius 1 is 1.23 bits per heavy atom. The maximum atomic E-state index is 16.8. The van der Waals surface area contributed by atoms with Gasteiger partial charge in [-0.3, -0.25) is 10.3 Å². The summed E-state index contributed by atoms with van der Waals surface area (Å²) in [5, 5.41) is 13.4. The highest BCUT2D eigenvalue weighted by Crippen LogP contribution is 2.46. The summed E-state index contributed by atoms with van der Waals surface area (Å²) in [6.07, 6.45) is 2.76. The van der Waals surface area contributed by atoms with E-state index in [1.807, 2.05) is 14.1 Å². The summed E-state index contributed by atoms with van der Waals surface area (Å²) in [4.78, 5) is 30.4. The molecule has 4 aromatic rings. The van der Waals surface area contributed by atoms with Crippen LogP contribution in [0.25, 0.3) is 32.2 Å². The van der Waals surface area contributed by atoms with Crippen LogP contribution < -0.4 is 10.2 Å². The number of fused-ring (bicyclic) bond motifs is 4. The van der Waals surface area contributed by atoms with Crippen LogP contribution in [0.2, 0.25) is 0 Å². The zero-order valence-corrected chi connectivity index (χ0v) is 25.5. The lowest BCUT2D eigenvalue weighted by Gasteiger charge is -2.28. The molecule has 3 aromatic heterocycles. The summed E-state index contributed by atoms with van der Waals surface area (Å²) >= 11 is 0.864. The van der Waals surface area contributed by atoms with Crippen LogP contribution in [0, 0.1) is 23.0 Å². The van der Waals surface area contributed by atoms with E-state index in [2.05, 4.69) is 38.1 Å². The number of ether oxygens (including phenoxy) is 2. The zero-order valence-electron chi connectivity index (χ0n) is 24.7. The molecule has 1 amide bonds. The van der Waals surface area contributed by atoms with Crippen molar-refractivity contribution in [3.05, 3.63) is 40.7 Å². The Labute approximate surface area is 251 Å². The first kappa shape index (κ1) is 29.1. The van der Waals surface area contributed by atoms with Gasteiger partial charge in [0.1, 0.15) is 22.2 Å². The second kappa shape index (κ2) is 10.6. The van der Waals surface area contributed by atoms with Crippen molar-refractivity contribution >= 4 is 49.4 Å². The average molecular weight is 608 g/mol. The van der Waals surface area contributed by atoms with Crippen molar-refractivity contribution in [2.24, 2.45) is 0 Å². The Morgan fingerprint density at radius 3 is 2.65 bits per heavy atom. The van der Waals surface area contributed by atoms with Crippen molar-refractivity contribution in [1.82, 2.24) is 19.9 Å². The van der Waals surface area contributed by atoms with Gasteiger partial charge in [0.05, 0.1) is 35.4 Å². The minimum atomic E-state index is -0.798. The van der Waals surface area contributed by atoms with Crippen LogP contribution >= 0.6 is 11.3 Å². The summed E-state index contributed by atoms with van der Waals surface area (Å²) < 4.78 is 43.1. The Kier molecular flexibility index (Phi) is 7.19. The normalized spacial score (nSPS) is 18.5. The zero-order chi connectivity index (χ0) is 30.8. The molecule has 43 heavy (non-hydrogen) atoms. The third kappa shape index (κ3) is 4.93. The first-order valence-electron chi connectivity index (χ1n) is 13.9. The largest absolute Gasteiger partial charge is 0.444 e. The lowest BCUT2D eigenvalue weighted by molar-refractivity contribution is 0.0636. The van der Waals surface area contributed by atoms with E-state index in [0.29, 0.717) is 22.9 Å². The summed E-state index contributed by atoms with van der Waals surface area (Å²) in [6, 6.07) is 2.48. The second-order valence-electron chi connectivity index (χ2n) is 12.0. The number of nitrogens with one attached hydrogen (secondary N) is 1. The number of hydrogen-bond acceptors (Lipinski definition) is 10. The topological polar surface area (TPSA) is 116 Å². The van der Waals surface area contributed by atoms with Gasteiger partial charge in [-0.1, -0.05) is 0 Å². The average Bonchev–Trinajstić information content (AvgIpc) is 3.66. The van der Waals surface area contributed by atoms with Gasteiger partial charge in [-0.2, -0.15) is 5.26 Å². The summed E-state index contributed by atoms with van der Waals surface area (Å²) in [7, 11) is 4.07. The Hall–Kier alpha value is -3.99. The minimum absolute atomic E-state index is 0.0379. The molecule has 2 aliphatic heterocycles. The number of likely N-dealkylation sites (N-methyl/N-ethyl adjacent to an activating group) is 1. The monoisotopic (exact) mass is 607 g/mol. The lowest BCUT2D eigenvalue weighted by Crippen LogP contribution is -2.40. The molecule has 5 heterocycles. The molecule has 6 rings (SSSR count). The predicted molar refractivity (Wildman–Crippen MR) is 160 cm³/mol. The minimum Gasteiger partial charge on any atom is -0.444 e. The van der Waals surface area contributed by atoms with Crippen molar-refractivity contribution in [2.45, 2.75) is 65.0 Å². The van der Waals surface area contributed by atoms with E-state index in [4.69, 9.17) is 14.5 Å². The van der Waals surface area contributed by atoms with E-state index < -0.39 is 23.3 Å². The van der Waals surface area contributed by atoms with Gasteiger partial charge in [-0.15, -0.1) is 11.3 Å². The molecule has 0 saturated carbocycles. The van der Waals surface area contributed by atoms with Crippen LogP contribution in [0.4, 0.5) is 24.5 Å². The number of pyridine rings is 1. The van der Waals surface area contributed by atoms with Gasteiger partial charge in [0.2, 0.25) is 5.95 Å². The first-order chi connectivity index (χ1) is 20.4. The number of hydrogen-bond donors (Lipinski definition) is 1. The molecular weight excluding hydrogens is 576 g/mol. The number of nitriles is 1. The number of anilines is 2. The third-order valence-electron chi connectivity index (χ3n) is 7.95. The van der Waals surface area contributed by atoms with Crippen LogP contribution in [0.3, 0.4) is 0 Å². The number of rotatable bonds is 4. The number of carbonyl (C=O) groups excluding carboxylic acids is 1. The van der Waals surface area contributed by atoms with Crippen LogP contribution in [-0.4, -0.2) is 64.3 Å². The molecule has 0 bridgehead atoms. The van der Waals surface area contributed by atoms with Gasteiger partial charge in [0.25, 0.3) is 0 Å². The van der Waals surface area contributed by atoms with Crippen LogP contribution in [0.5, 0.6) is 0 Å². The summed E-state index contributed by atoms with van der Waals surface area (Å²) in [6.45, 7) is 8.26. The molecule has 10 nitrogen and oxygen atoms in total. The lowest BCUT2D eigenvalue weighted by atomic mass is 9.94. The molecule has 1 aromatic carbocycles. The molecule has 224 valence electrons. The van der Waals surface area contributed by atoms with Crippen molar-refractivity contribution in [2.75, 3.05) is 30.9 Å². The van der Waals surface area contributed by atoms with Gasteiger partial charge in [-0.25, -0.2) is 23.5 Å². The fourth-order valence-electron chi connectivity index (χ4n) is 6.04. The SMILES string of the molecule is CC1C(N(C)C)CCN1c1ncc2c3c(c(-c4ncc(F)c5sc(NC(=O)OC(C)(C)C)c(C#N)c45)c(F)c2n1)COC3. The van der Waals surface area contributed by atoms with Crippen LogP contribution in [0.15, 0.2) is 12.4 Å². The maximum Gasteiger partial charge on any atom is 0.412 e. The van der Waals surface area contributed by atoms with E-state index in [-0.39, 0.29) is 56.7 Å². The van der Waals surface area contributed by atoms with E-state index >= 15 is 8.78 Å². The van der Waals surface area contributed by atoms with E-state index in [1.54, 1.807) is 27.0 Å². The molecular formula is C30H31F2N7O3S. The smallest absolute Gasteiger partial charge is 0.412 e. The number of halogens is 2. The fraction of sp³-hybridized carbons (Fsp3) is 0.433. The van der Waals surface area contributed by atoms with Crippen molar-refractivity contribution in [3.8, 4) is 17.3 Å². The Balaban J connectivity index is 1.54. The molecule has 1 saturated heterocycles. The molecule has 0 aliphatic carbocycles. The third-order valence-corrected chi connectivity index (χ3v) is 9.07. The highest BCUT2D eigenvalue weighted by atomic mass is 32.1. The van der Waals surface area contributed by atoms with Crippen molar-refractivity contribution < 1.29 is 23.0 Å². The molecule has 2 atom stereocenters. The molecule has 2 unspecified atom stereocenters. The quantitative estimate of drug-likeness (QED) is 0.300. The van der Waals surface area contributed by atoms with E-state index in [9.17, 15) is 10.1 Å². The van der Waals surface area contributed by atoms with Gasteiger partial charge in [0, 0.05) is 41.2 Å².